The molecule has 0 radical (unpaired) electrons. The first-order valence-corrected chi connectivity index (χ1v) is 6.21. The SMILES string of the molecule is CC1CCN(C(CO)c2ccccc2)CC1. The lowest BCUT2D eigenvalue weighted by Crippen LogP contribution is -2.37. The molecule has 2 rings (SSSR count). The second-order valence-corrected chi connectivity index (χ2v) is 4.83. The van der Waals surface area contributed by atoms with Gasteiger partial charge in [-0.3, -0.25) is 4.90 Å². The van der Waals surface area contributed by atoms with Crippen LogP contribution in [0.3, 0.4) is 0 Å². The van der Waals surface area contributed by atoms with Crippen LogP contribution in [0.2, 0.25) is 0 Å². The number of aliphatic hydroxyl groups is 1. The van der Waals surface area contributed by atoms with Crippen molar-refractivity contribution in [2.24, 2.45) is 5.92 Å². The summed E-state index contributed by atoms with van der Waals surface area (Å²) in [5, 5.41) is 9.56. The summed E-state index contributed by atoms with van der Waals surface area (Å²) in [7, 11) is 0. The van der Waals surface area contributed by atoms with E-state index >= 15 is 0 Å². The van der Waals surface area contributed by atoms with Crippen LogP contribution >= 0.6 is 0 Å². The van der Waals surface area contributed by atoms with Gasteiger partial charge in [0.1, 0.15) is 0 Å². The lowest BCUT2D eigenvalue weighted by atomic mass is 9.96. The second kappa shape index (κ2) is 5.46. The molecule has 1 aliphatic heterocycles. The van der Waals surface area contributed by atoms with Gasteiger partial charge in [-0.1, -0.05) is 37.3 Å². The third-order valence-electron chi connectivity index (χ3n) is 3.62. The molecule has 1 saturated heterocycles. The third-order valence-corrected chi connectivity index (χ3v) is 3.62. The van der Waals surface area contributed by atoms with E-state index in [4.69, 9.17) is 0 Å². The fraction of sp³-hybridized carbons (Fsp3) is 0.571. The molecule has 1 aromatic rings. The summed E-state index contributed by atoms with van der Waals surface area (Å²) in [6, 6.07) is 10.5. The number of likely N-dealkylation sites (tertiary alicyclic amines) is 1. The molecule has 88 valence electrons. The highest BCUT2D eigenvalue weighted by Crippen LogP contribution is 2.26. The number of piperidine rings is 1. The van der Waals surface area contributed by atoms with E-state index in [1.165, 1.54) is 18.4 Å². The average Bonchev–Trinajstić information content (AvgIpc) is 2.34. The van der Waals surface area contributed by atoms with E-state index in [1.54, 1.807) is 0 Å². The highest BCUT2D eigenvalue weighted by atomic mass is 16.3. The Labute approximate surface area is 97.9 Å². The van der Waals surface area contributed by atoms with Gasteiger partial charge in [-0.15, -0.1) is 0 Å². The van der Waals surface area contributed by atoms with Crippen LogP contribution in [-0.4, -0.2) is 29.7 Å². The van der Waals surface area contributed by atoms with Crippen molar-refractivity contribution in [3.63, 3.8) is 0 Å². The molecule has 1 fully saturated rings. The fourth-order valence-corrected chi connectivity index (χ4v) is 2.45. The Hall–Kier alpha value is -0.860. The third kappa shape index (κ3) is 2.63. The van der Waals surface area contributed by atoms with Crippen molar-refractivity contribution in [1.29, 1.82) is 0 Å². The van der Waals surface area contributed by atoms with Crippen LogP contribution < -0.4 is 0 Å². The number of hydrogen-bond donors (Lipinski definition) is 1. The van der Waals surface area contributed by atoms with Crippen molar-refractivity contribution in [3.05, 3.63) is 35.9 Å². The summed E-state index contributed by atoms with van der Waals surface area (Å²) in [5.41, 5.74) is 1.24. The Bertz CT molecular complexity index is 304. The maximum atomic E-state index is 9.56. The van der Waals surface area contributed by atoms with Crippen LogP contribution in [0.15, 0.2) is 30.3 Å². The minimum atomic E-state index is 0.189. The fourth-order valence-electron chi connectivity index (χ4n) is 2.45. The molecule has 0 saturated carbocycles. The van der Waals surface area contributed by atoms with E-state index in [2.05, 4.69) is 24.0 Å². The van der Waals surface area contributed by atoms with Crippen molar-refractivity contribution in [1.82, 2.24) is 4.90 Å². The first-order chi connectivity index (χ1) is 7.81. The van der Waals surface area contributed by atoms with Crippen LogP contribution in [0.4, 0.5) is 0 Å². The lowest BCUT2D eigenvalue weighted by Gasteiger charge is -2.36. The van der Waals surface area contributed by atoms with E-state index in [0.717, 1.165) is 19.0 Å². The van der Waals surface area contributed by atoms with E-state index in [-0.39, 0.29) is 12.6 Å². The molecule has 0 spiro atoms. The Kier molecular flexibility index (Phi) is 3.97. The summed E-state index contributed by atoms with van der Waals surface area (Å²) in [4.78, 5) is 2.41. The molecule has 1 N–H and O–H groups in total. The average molecular weight is 219 g/mol. The van der Waals surface area contributed by atoms with Crippen molar-refractivity contribution in [3.8, 4) is 0 Å². The zero-order chi connectivity index (χ0) is 11.4. The smallest absolute Gasteiger partial charge is 0.0628 e. The standard InChI is InChI=1S/C14H21NO/c1-12-7-9-15(10-8-12)14(11-16)13-5-3-2-4-6-13/h2-6,12,14,16H,7-11H2,1H3. The van der Waals surface area contributed by atoms with Crippen molar-refractivity contribution >= 4 is 0 Å². The molecule has 2 nitrogen and oxygen atoms in total. The molecule has 0 aromatic heterocycles. The molecule has 0 aliphatic carbocycles. The van der Waals surface area contributed by atoms with Crippen LogP contribution in [-0.2, 0) is 0 Å². The van der Waals surface area contributed by atoms with Gasteiger partial charge in [0, 0.05) is 0 Å². The summed E-state index contributed by atoms with van der Waals surface area (Å²) in [6.45, 7) is 4.76. The predicted octanol–water partition coefficient (Wildman–Crippen LogP) is 2.45. The van der Waals surface area contributed by atoms with E-state index in [9.17, 15) is 5.11 Å². The molecule has 16 heavy (non-hydrogen) atoms. The summed E-state index contributed by atoms with van der Waals surface area (Å²) >= 11 is 0. The summed E-state index contributed by atoms with van der Waals surface area (Å²) < 4.78 is 0. The predicted molar refractivity (Wildman–Crippen MR) is 66.2 cm³/mol. The quantitative estimate of drug-likeness (QED) is 0.844. The van der Waals surface area contributed by atoms with Gasteiger partial charge in [-0.25, -0.2) is 0 Å². The van der Waals surface area contributed by atoms with Crippen molar-refractivity contribution in [2.45, 2.75) is 25.8 Å². The molecular weight excluding hydrogens is 198 g/mol. The topological polar surface area (TPSA) is 23.5 Å². The normalized spacial score (nSPS) is 20.9. The van der Waals surface area contributed by atoms with E-state index in [1.807, 2.05) is 18.2 Å². The zero-order valence-corrected chi connectivity index (χ0v) is 9.97. The Morgan fingerprint density at radius 2 is 1.88 bits per heavy atom. The number of benzene rings is 1. The minimum absolute atomic E-state index is 0.189. The molecule has 1 heterocycles. The van der Waals surface area contributed by atoms with E-state index in [0.29, 0.717) is 0 Å². The van der Waals surface area contributed by atoms with Crippen LogP contribution in [0.1, 0.15) is 31.4 Å². The Morgan fingerprint density at radius 3 is 2.44 bits per heavy atom. The zero-order valence-electron chi connectivity index (χ0n) is 9.97. The summed E-state index contributed by atoms with van der Waals surface area (Å²) in [5.74, 6) is 0.839. The number of nitrogens with zero attached hydrogens (tertiary/aromatic N) is 1. The van der Waals surface area contributed by atoms with Gasteiger partial charge < -0.3 is 5.11 Å². The van der Waals surface area contributed by atoms with Gasteiger partial charge in [0.2, 0.25) is 0 Å². The number of aliphatic hydroxyl groups excluding tert-OH is 1. The molecule has 2 heteroatoms. The van der Waals surface area contributed by atoms with Gasteiger partial charge in [-0.2, -0.15) is 0 Å². The lowest BCUT2D eigenvalue weighted by molar-refractivity contribution is 0.0897. The first kappa shape index (κ1) is 11.6. The highest BCUT2D eigenvalue weighted by Gasteiger charge is 2.23. The maximum Gasteiger partial charge on any atom is 0.0628 e. The molecule has 0 amide bonds. The number of rotatable bonds is 3. The van der Waals surface area contributed by atoms with E-state index < -0.39 is 0 Å². The maximum absolute atomic E-state index is 9.56. The van der Waals surface area contributed by atoms with Gasteiger partial charge in [0.15, 0.2) is 0 Å². The van der Waals surface area contributed by atoms with Crippen LogP contribution in [0.5, 0.6) is 0 Å². The molecule has 0 bridgehead atoms. The molecule has 1 unspecified atom stereocenters. The van der Waals surface area contributed by atoms with Gasteiger partial charge in [0.05, 0.1) is 12.6 Å². The minimum Gasteiger partial charge on any atom is -0.394 e. The van der Waals surface area contributed by atoms with Crippen LogP contribution in [0.25, 0.3) is 0 Å². The van der Waals surface area contributed by atoms with Gasteiger partial charge in [0.25, 0.3) is 0 Å². The Morgan fingerprint density at radius 1 is 1.25 bits per heavy atom. The first-order valence-electron chi connectivity index (χ1n) is 6.21. The Balaban J connectivity index is 2.05. The monoisotopic (exact) mass is 219 g/mol. The number of hydrogen-bond acceptors (Lipinski definition) is 2. The molecule has 1 aromatic carbocycles. The van der Waals surface area contributed by atoms with Gasteiger partial charge >= 0.3 is 0 Å². The summed E-state index contributed by atoms with van der Waals surface area (Å²) in [6.07, 6.45) is 2.51. The molecular formula is C14H21NO. The van der Waals surface area contributed by atoms with Crippen LogP contribution in [0, 0.1) is 5.92 Å². The van der Waals surface area contributed by atoms with Gasteiger partial charge in [-0.05, 0) is 37.4 Å². The van der Waals surface area contributed by atoms with Crippen molar-refractivity contribution < 1.29 is 5.11 Å². The molecule has 1 aliphatic rings. The van der Waals surface area contributed by atoms with Crippen molar-refractivity contribution in [2.75, 3.05) is 19.7 Å². The molecule has 1 atom stereocenters. The second-order valence-electron chi connectivity index (χ2n) is 4.83. The highest BCUT2D eigenvalue weighted by molar-refractivity contribution is 5.19. The largest absolute Gasteiger partial charge is 0.394 e.